The van der Waals surface area contributed by atoms with E-state index in [-0.39, 0.29) is 5.91 Å². The van der Waals surface area contributed by atoms with Crippen molar-refractivity contribution in [3.63, 3.8) is 0 Å². The van der Waals surface area contributed by atoms with Crippen molar-refractivity contribution in [2.45, 2.75) is 43.3 Å². The summed E-state index contributed by atoms with van der Waals surface area (Å²) < 4.78 is 2.21. The van der Waals surface area contributed by atoms with Crippen molar-refractivity contribution in [3.8, 4) is 10.7 Å². The highest BCUT2D eigenvalue weighted by Gasteiger charge is 2.30. The van der Waals surface area contributed by atoms with E-state index in [0.717, 1.165) is 47.5 Å². The molecule has 2 fully saturated rings. The number of benzene rings is 1. The Morgan fingerprint density at radius 3 is 2.60 bits per heavy atom. The first-order valence-electron chi connectivity index (χ1n) is 10.5. The van der Waals surface area contributed by atoms with Crippen LogP contribution in [-0.2, 0) is 4.79 Å². The molecule has 0 unspecified atom stereocenters. The Kier molecular flexibility index (Phi) is 5.77. The molecule has 0 radical (unpaired) electrons. The molecule has 1 aliphatic carbocycles. The van der Waals surface area contributed by atoms with E-state index >= 15 is 0 Å². The molecule has 2 aliphatic rings. The zero-order chi connectivity index (χ0) is 20.3. The number of nitrogens with zero attached hydrogens (tertiary/aromatic N) is 4. The van der Waals surface area contributed by atoms with Gasteiger partial charge >= 0.3 is 0 Å². The summed E-state index contributed by atoms with van der Waals surface area (Å²) in [5.74, 6) is 1.22. The van der Waals surface area contributed by atoms with Crippen LogP contribution in [0.3, 0.4) is 0 Å². The molecule has 0 bridgehead atoms. The molecule has 6 nitrogen and oxygen atoms in total. The van der Waals surface area contributed by atoms with Crippen molar-refractivity contribution in [1.82, 2.24) is 14.8 Å². The maximum absolute atomic E-state index is 12.5. The topological polar surface area (TPSA) is 63.1 Å². The van der Waals surface area contributed by atoms with Gasteiger partial charge in [-0.1, -0.05) is 17.8 Å². The summed E-state index contributed by atoms with van der Waals surface area (Å²) in [6.07, 6.45) is 6.15. The summed E-state index contributed by atoms with van der Waals surface area (Å²) in [4.78, 5) is 16.0. The number of piperidine rings is 1. The van der Waals surface area contributed by atoms with Gasteiger partial charge in [-0.15, -0.1) is 21.5 Å². The summed E-state index contributed by atoms with van der Waals surface area (Å²) in [7, 11) is 0. The molecule has 3 heterocycles. The molecule has 0 spiro atoms. The predicted molar refractivity (Wildman–Crippen MR) is 123 cm³/mol. The molecule has 8 heteroatoms. The van der Waals surface area contributed by atoms with Crippen LogP contribution in [-0.4, -0.2) is 39.5 Å². The average molecular weight is 440 g/mol. The lowest BCUT2D eigenvalue weighted by molar-refractivity contribution is -0.113. The summed E-state index contributed by atoms with van der Waals surface area (Å²) in [6.45, 7) is 2.25. The fraction of sp³-hybridized carbons (Fsp3) is 0.409. The normalized spacial score (nSPS) is 16.6. The smallest absolute Gasteiger partial charge is 0.234 e. The lowest BCUT2D eigenvalue weighted by Gasteiger charge is -2.28. The number of anilines is 2. The Morgan fingerprint density at radius 2 is 1.90 bits per heavy atom. The molecule has 156 valence electrons. The first kappa shape index (κ1) is 19.6. The number of aromatic nitrogens is 3. The van der Waals surface area contributed by atoms with E-state index in [1.165, 1.54) is 36.7 Å². The van der Waals surface area contributed by atoms with E-state index in [9.17, 15) is 4.79 Å². The highest BCUT2D eigenvalue weighted by Crippen LogP contribution is 2.41. The van der Waals surface area contributed by atoms with E-state index < -0.39 is 0 Å². The van der Waals surface area contributed by atoms with E-state index in [1.54, 1.807) is 11.3 Å². The Morgan fingerprint density at radius 1 is 1.10 bits per heavy atom. The fourth-order valence-electron chi connectivity index (χ4n) is 3.85. The second-order valence-electron chi connectivity index (χ2n) is 7.82. The van der Waals surface area contributed by atoms with Gasteiger partial charge in [0.15, 0.2) is 11.0 Å². The van der Waals surface area contributed by atoms with Crippen LogP contribution < -0.4 is 10.2 Å². The highest BCUT2D eigenvalue weighted by atomic mass is 32.2. The number of rotatable bonds is 7. The van der Waals surface area contributed by atoms with Crippen molar-refractivity contribution >= 4 is 40.4 Å². The molecule has 3 aromatic rings. The van der Waals surface area contributed by atoms with Gasteiger partial charge in [0.2, 0.25) is 5.91 Å². The third-order valence-electron chi connectivity index (χ3n) is 5.52. The molecule has 5 rings (SSSR count). The van der Waals surface area contributed by atoms with Crippen LogP contribution in [0.2, 0.25) is 0 Å². The number of thioether (sulfide) groups is 1. The fourth-order valence-corrected chi connectivity index (χ4v) is 5.36. The van der Waals surface area contributed by atoms with Gasteiger partial charge in [-0.2, -0.15) is 0 Å². The standard InChI is InChI=1S/C22H25N5OS2/c28-20(23-16-6-8-17(9-7-16)26-12-2-1-3-13-26)15-30-22-25-24-21(19-5-4-14-29-19)27(22)18-10-11-18/h4-9,14,18H,1-3,10-13,15H2,(H,23,28). The molecule has 1 amide bonds. The van der Waals surface area contributed by atoms with Gasteiger partial charge in [0.1, 0.15) is 0 Å². The van der Waals surface area contributed by atoms with Crippen LogP contribution in [0.25, 0.3) is 10.7 Å². The van der Waals surface area contributed by atoms with Crippen LogP contribution >= 0.6 is 23.1 Å². The zero-order valence-electron chi connectivity index (χ0n) is 16.8. The minimum Gasteiger partial charge on any atom is -0.372 e. The zero-order valence-corrected chi connectivity index (χ0v) is 18.4. The molecule has 1 aliphatic heterocycles. The highest BCUT2D eigenvalue weighted by molar-refractivity contribution is 7.99. The number of hydrogen-bond acceptors (Lipinski definition) is 6. The van der Waals surface area contributed by atoms with Crippen molar-refractivity contribution in [3.05, 3.63) is 41.8 Å². The summed E-state index contributed by atoms with van der Waals surface area (Å²) in [6, 6.07) is 12.8. The van der Waals surface area contributed by atoms with Gasteiger partial charge in [0.25, 0.3) is 0 Å². The maximum Gasteiger partial charge on any atom is 0.234 e. The van der Waals surface area contributed by atoms with Crippen LogP contribution in [0.4, 0.5) is 11.4 Å². The van der Waals surface area contributed by atoms with E-state index in [0.29, 0.717) is 11.8 Å². The summed E-state index contributed by atoms with van der Waals surface area (Å²) in [5, 5.41) is 14.7. The van der Waals surface area contributed by atoms with Crippen LogP contribution in [0, 0.1) is 0 Å². The molecular weight excluding hydrogens is 414 g/mol. The van der Waals surface area contributed by atoms with E-state index in [1.807, 2.05) is 18.2 Å². The van der Waals surface area contributed by atoms with Gasteiger partial charge in [-0.25, -0.2) is 0 Å². The second kappa shape index (κ2) is 8.81. The van der Waals surface area contributed by atoms with Crippen molar-refractivity contribution in [2.24, 2.45) is 0 Å². The van der Waals surface area contributed by atoms with Crippen molar-refractivity contribution in [2.75, 3.05) is 29.1 Å². The van der Waals surface area contributed by atoms with Crippen LogP contribution in [0.5, 0.6) is 0 Å². The Bertz CT molecular complexity index is 989. The summed E-state index contributed by atoms with van der Waals surface area (Å²) in [5.41, 5.74) is 2.07. The van der Waals surface area contributed by atoms with Crippen LogP contribution in [0.1, 0.15) is 38.1 Å². The van der Waals surface area contributed by atoms with E-state index in [2.05, 4.69) is 48.6 Å². The molecule has 30 heavy (non-hydrogen) atoms. The predicted octanol–water partition coefficient (Wildman–Crippen LogP) is 5.06. The van der Waals surface area contributed by atoms with Gasteiger partial charge in [-0.3, -0.25) is 9.36 Å². The van der Waals surface area contributed by atoms with Crippen molar-refractivity contribution < 1.29 is 4.79 Å². The average Bonchev–Trinajstić information content (AvgIpc) is 3.30. The van der Waals surface area contributed by atoms with E-state index in [4.69, 9.17) is 0 Å². The molecule has 1 N–H and O–H groups in total. The van der Waals surface area contributed by atoms with Gasteiger partial charge in [-0.05, 0) is 67.8 Å². The second-order valence-corrected chi connectivity index (χ2v) is 9.71. The van der Waals surface area contributed by atoms with Gasteiger partial charge < -0.3 is 10.2 Å². The monoisotopic (exact) mass is 439 g/mol. The molecule has 1 aromatic carbocycles. The largest absolute Gasteiger partial charge is 0.372 e. The van der Waals surface area contributed by atoms with Gasteiger partial charge in [0, 0.05) is 30.5 Å². The Labute approximate surface area is 184 Å². The minimum absolute atomic E-state index is 0.0197. The number of nitrogens with one attached hydrogen (secondary N) is 1. The number of carbonyl (C=O) groups excluding carboxylic acids is 1. The Hall–Kier alpha value is -2.32. The van der Waals surface area contributed by atoms with Gasteiger partial charge in [0.05, 0.1) is 10.6 Å². The Balaban J connectivity index is 1.20. The molecule has 1 saturated carbocycles. The number of thiophene rings is 1. The van der Waals surface area contributed by atoms with Crippen molar-refractivity contribution in [1.29, 1.82) is 0 Å². The molecule has 1 saturated heterocycles. The number of amides is 1. The molecular formula is C22H25N5OS2. The SMILES string of the molecule is O=C(CSc1nnc(-c2cccs2)n1C1CC1)Nc1ccc(N2CCCCC2)cc1. The van der Waals surface area contributed by atoms with Crippen LogP contribution in [0.15, 0.2) is 46.9 Å². The molecule has 2 aromatic heterocycles. The maximum atomic E-state index is 12.5. The number of carbonyl (C=O) groups is 1. The molecule has 0 atom stereocenters. The third-order valence-corrected chi connectivity index (χ3v) is 7.33. The first-order valence-corrected chi connectivity index (χ1v) is 12.4. The summed E-state index contributed by atoms with van der Waals surface area (Å²) >= 11 is 3.13. The first-order chi connectivity index (χ1) is 14.8. The lowest BCUT2D eigenvalue weighted by atomic mass is 10.1. The number of hydrogen-bond donors (Lipinski definition) is 1. The minimum atomic E-state index is -0.0197. The lowest BCUT2D eigenvalue weighted by Crippen LogP contribution is -2.29. The third kappa shape index (κ3) is 4.39. The quantitative estimate of drug-likeness (QED) is 0.521.